The Morgan fingerprint density at radius 2 is 1.90 bits per heavy atom. The number of fused-ring (bicyclic) bond motifs is 2. The van der Waals surface area contributed by atoms with E-state index in [1.54, 1.807) is 4.57 Å². The number of nitrogens with one attached hydrogen (secondary N) is 1. The molecule has 154 valence electrons. The summed E-state index contributed by atoms with van der Waals surface area (Å²) in [6.45, 7) is 0. The number of H-pyrrole nitrogens is 1. The van der Waals surface area contributed by atoms with E-state index in [1.165, 1.54) is 24.3 Å². The van der Waals surface area contributed by atoms with Crippen LogP contribution in [0.2, 0.25) is 5.02 Å². The van der Waals surface area contributed by atoms with Gasteiger partial charge in [0.25, 0.3) is 5.56 Å². The smallest absolute Gasteiger partial charge is 0.271 e. The van der Waals surface area contributed by atoms with Gasteiger partial charge < -0.3 is 5.73 Å². The molecule has 1 aliphatic rings. The molecule has 2 heterocycles. The van der Waals surface area contributed by atoms with Gasteiger partial charge in [0.05, 0.1) is 15.9 Å². The van der Waals surface area contributed by atoms with Crippen LogP contribution in [0, 0.1) is 11.6 Å². The van der Waals surface area contributed by atoms with Gasteiger partial charge in [-0.3, -0.25) is 18.5 Å². The Kier molecular flexibility index (Phi) is 4.53. The van der Waals surface area contributed by atoms with Crippen LogP contribution in [-0.4, -0.2) is 15.0 Å². The Hall–Kier alpha value is -2.55. The molecule has 0 amide bonds. The molecule has 2 unspecified atom stereocenters. The minimum Gasteiger partial charge on any atom is -0.328 e. The Morgan fingerprint density at radius 1 is 1.17 bits per heavy atom. The maximum Gasteiger partial charge on any atom is 0.271 e. The normalized spacial score (nSPS) is 19.2. The second kappa shape index (κ2) is 7.01. The van der Waals surface area contributed by atoms with Gasteiger partial charge in [-0.25, -0.2) is 8.78 Å². The topological polar surface area (TPSA) is 80.9 Å². The molecule has 1 aliphatic carbocycles. The lowest BCUT2D eigenvalue weighted by Crippen LogP contribution is -2.17. The Bertz CT molecular complexity index is 1430. The Labute approximate surface area is 177 Å². The largest absolute Gasteiger partial charge is 0.328 e. The van der Waals surface area contributed by atoms with Gasteiger partial charge in [-0.15, -0.1) is 0 Å². The van der Waals surface area contributed by atoms with Crippen LogP contribution >= 0.6 is 23.1 Å². The van der Waals surface area contributed by atoms with E-state index in [4.69, 9.17) is 17.3 Å². The number of aromatic amines is 1. The first-order chi connectivity index (χ1) is 14.4. The number of nitrogens with two attached hydrogens (primary N) is 1. The van der Waals surface area contributed by atoms with E-state index in [9.17, 15) is 14.0 Å². The van der Waals surface area contributed by atoms with E-state index in [0.29, 0.717) is 34.4 Å². The fourth-order valence-corrected chi connectivity index (χ4v) is 5.69. The fourth-order valence-electron chi connectivity index (χ4n) is 4.39. The summed E-state index contributed by atoms with van der Waals surface area (Å²) in [5.41, 5.74) is 6.01. The number of halogens is 3. The highest BCUT2D eigenvalue weighted by molar-refractivity contribution is 7.12. The molecule has 4 aromatic rings. The number of nitrogens with zero attached hydrogens (tertiary/aromatic N) is 1. The average Bonchev–Trinajstić information content (AvgIpc) is 3.30. The molecule has 1 fully saturated rings. The lowest BCUT2D eigenvalue weighted by molar-refractivity contribution is 0.578. The van der Waals surface area contributed by atoms with Crippen molar-refractivity contribution in [2.75, 3.05) is 0 Å². The maximum absolute atomic E-state index is 15.1. The first-order valence-electron chi connectivity index (χ1n) is 9.46. The maximum atomic E-state index is 15.1. The van der Waals surface area contributed by atoms with Gasteiger partial charge in [-0.1, -0.05) is 11.6 Å². The van der Waals surface area contributed by atoms with Crippen LogP contribution in [0.25, 0.3) is 26.8 Å². The fraction of sp³-hybridized carbons (Fsp3) is 0.238. The number of pyridine rings is 1. The predicted octanol–water partition coefficient (Wildman–Crippen LogP) is 4.42. The number of aromatic nitrogens is 2. The van der Waals surface area contributed by atoms with Crippen LogP contribution in [-0.2, 0) is 0 Å². The molecular weight excluding hydrogens is 432 g/mol. The summed E-state index contributed by atoms with van der Waals surface area (Å²) >= 11 is 7.72. The molecule has 1 saturated carbocycles. The highest BCUT2D eigenvalue weighted by atomic mass is 35.5. The lowest BCUT2D eigenvalue weighted by atomic mass is 9.94. The van der Waals surface area contributed by atoms with Crippen molar-refractivity contribution >= 4 is 44.3 Å². The zero-order valence-corrected chi connectivity index (χ0v) is 17.1. The molecule has 0 spiro atoms. The summed E-state index contributed by atoms with van der Waals surface area (Å²) in [5, 5.41) is 0.0421. The molecule has 2 aromatic carbocycles. The van der Waals surface area contributed by atoms with Crippen molar-refractivity contribution in [2.24, 2.45) is 5.73 Å². The highest BCUT2D eigenvalue weighted by Crippen LogP contribution is 2.42. The van der Waals surface area contributed by atoms with Crippen LogP contribution in [0.4, 0.5) is 8.78 Å². The van der Waals surface area contributed by atoms with Gasteiger partial charge in [0.2, 0.25) is 5.43 Å². The van der Waals surface area contributed by atoms with E-state index in [-0.39, 0.29) is 27.8 Å². The molecule has 2 atom stereocenters. The van der Waals surface area contributed by atoms with E-state index >= 15 is 4.39 Å². The Morgan fingerprint density at radius 3 is 2.57 bits per heavy atom. The minimum absolute atomic E-state index is 0.00395. The van der Waals surface area contributed by atoms with Crippen molar-refractivity contribution < 1.29 is 8.78 Å². The quantitative estimate of drug-likeness (QED) is 0.477. The number of benzene rings is 2. The standard InChI is InChI=1S/C21H16ClF2N3O2S/c22-17-15(9-1-4-11(25)7-9)14(24)8-13-18(17)27(12-5-2-10(23)3-6-12)21-16(19(13)28)20(29)26-30-21/h2-3,5-6,8-9,11H,1,4,7,25H2,(H,26,29). The highest BCUT2D eigenvalue weighted by Gasteiger charge is 2.30. The van der Waals surface area contributed by atoms with E-state index < -0.39 is 22.6 Å². The van der Waals surface area contributed by atoms with Crippen LogP contribution in [0.15, 0.2) is 39.9 Å². The summed E-state index contributed by atoms with van der Waals surface area (Å²) < 4.78 is 32.9. The summed E-state index contributed by atoms with van der Waals surface area (Å²) in [5.74, 6) is -1.17. The molecule has 5 rings (SSSR count). The van der Waals surface area contributed by atoms with E-state index in [2.05, 4.69) is 4.37 Å². The molecule has 2 aromatic heterocycles. The molecule has 3 N–H and O–H groups in total. The third-order valence-corrected chi connectivity index (χ3v) is 7.02. The zero-order chi connectivity index (χ0) is 21.2. The molecule has 0 saturated heterocycles. The first-order valence-corrected chi connectivity index (χ1v) is 10.7. The van der Waals surface area contributed by atoms with Crippen LogP contribution in [0.5, 0.6) is 0 Å². The van der Waals surface area contributed by atoms with Gasteiger partial charge in [-0.2, -0.15) is 0 Å². The first kappa shape index (κ1) is 19.4. The number of rotatable bonds is 2. The summed E-state index contributed by atoms with van der Waals surface area (Å²) in [6.07, 6.45) is 2.06. The summed E-state index contributed by atoms with van der Waals surface area (Å²) in [7, 11) is 0. The second-order valence-corrected chi connectivity index (χ2v) is 8.78. The zero-order valence-electron chi connectivity index (χ0n) is 15.5. The monoisotopic (exact) mass is 447 g/mol. The molecule has 9 heteroatoms. The SMILES string of the molecule is NC1CCC(c2c(F)cc3c(=O)c4c(=O)[nH]sc4n(-c4ccc(F)cc4)c3c2Cl)C1. The van der Waals surface area contributed by atoms with Crippen molar-refractivity contribution in [1.82, 2.24) is 8.94 Å². The number of hydrogen-bond donors (Lipinski definition) is 2. The predicted molar refractivity (Wildman–Crippen MR) is 115 cm³/mol. The second-order valence-electron chi connectivity index (χ2n) is 7.61. The van der Waals surface area contributed by atoms with Crippen LogP contribution < -0.4 is 16.7 Å². The third kappa shape index (κ3) is 2.82. The van der Waals surface area contributed by atoms with Crippen LogP contribution in [0.1, 0.15) is 30.7 Å². The van der Waals surface area contributed by atoms with Gasteiger partial charge >= 0.3 is 0 Å². The van der Waals surface area contributed by atoms with Crippen molar-refractivity contribution in [3.8, 4) is 5.69 Å². The van der Waals surface area contributed by atoms with Crippen molar-refractivity contribution in [3.05, 3.63) is 73.1 Å². The summed E-state index contributed by atoms with van der Waals surface area (Å²) in [4.78, 5) is 25.7. The van der Waals surface area contributed by atoms with E-state index in [0.717, 1.165) is 24.0 Å². The number of hydrogen-bond acceptors (Lipinski definition) is 4. The van der Waals surface area contributed by atoms with Gasteiger partial charge in [0.15, 0.2) is 0 Å². The Balaban J connectivity index is 1.96. The van der Waals surface area contributed by atoms with Gasteiger partial charge in [0.1, 0.15) is 21.9 Å². The summed E-state index contributed by atoms with van der Waals surface area (Å²) in [6, 6.07) is 6.71. The molecule has 5 nitrogen and oxygen atoms in total. The lowest BCUT2D eigenvalue weighted by Gasteiger charge is -2.19. The molecule has 0 radical (unpaired) electrons. The van der Waals surface area contributed by atoms with Crippen molar-refractivity contribution in [2.45, 2.75) is 31.2 Å². The van der Waals surface area contributed by atoms with Gasteiger partial charge in [0, 0.05) is 17.3 Å². The van der Waals surface area contributed by atoms with Crippen molar-refractivity contribution in [3.63, 3.8) is 0 Å². The molecule has 0 aliphatic heterocycles. The third-order valence-electron chi connectivity index (χ3n) is 5.77. The molecular formula is C21H16ClF2N3O2S. The van der Waals surface area contributed by atoms with Crippen LogP contribution in [0.3, 0.4) is 0 Å². The van der Waals surface area contributed by atoms with E-state index in [1.807, 2.05) is 0 Å². The minimum atomic E-state index is -0.587. The molecule has 30 heavy (non-hydrogen) atoms. The molecule has 0 bridgehead atoms. The van der Waals surface area contributed by atoms with Gasteiger partial charge in [-0.05, 0) is 67.0 Å². The van der Waals surface area contributed by atoms with Crippen molar-refractivity contribution in [1.29, 1.82) is 0 Å². The average molecular weight is 448 g/mol.